The van der Waals surface area contributed by atoms with Crippen molar-refractivity contribution < 1.29 is 4.92 Å². The zero-order valence-corrected chi connectivity index (χ0v) is 12.5. The molecule has 3 rings (SSSR count). The number of anilines is 1. The summed E-state index contributed by atoms with van der Waals surface area (Å²) in [6.45, 7) is 2.96. The molecule has 1 saturated heterocycles. The molecule has 1 aromatic carbocycles. The highest BCUT2D eigenvalue weighted by atomic mass is 16.6. The Bertz CT molecular complexity index is 526. The Morgan fingerprint density at radius 1 is 1.29 bits per heavy atom. The van der Waals surface area contributed by atoms with Gasteiger partial charge < -0.3 is 10.6 Å². The molecule has 5 nitrogen and oxygen atoms in total. The lowest BCUT2D eigenvalue weighted by atomic mass is 9.92. The predicted octanol–water partition coefficient (Wildman–Crippen LogP) is 3.24. The number of nitrogens with one attached hydrogen (secondary N) is 2. The molecule has 0 aromatic heterocycles. The third-order valence-corrected chi connectivity index (χ3v) is 5.03. The van der Waals surface area contributed by atoms with Crippen LogP contribution in [0, 0.1) is 23.0 Å². The standard InChI is InChI=1S/C16H23N3O2/c1-11-13(6-3-9-16(11)19(20)21)18-15-7-2-5-12(15)14-8-4-10-17-14/h3,6,9,12,14-15,17-18H,2,4-5,7-8,10H2,1H3. The van der Waals surface area contributed by atoms with Crippen molar-refractivity contribution in [2.75, 3.05) is 11.9 Å². The van der Waals surface area contributed by atoms with Gasteiger partial charge in [-0.1, -0.05) is 12.5 Å². The van der Waals surface area contributed by atoms with Crippen LogP contribution < -0.4 is 10.6 Å². The SMILES string of the molecule is Cc1c(NC2CCCC2C2CCCN2)cccc1[N+](=O)[O-]. The summed E-state index contributed by atoms with van der Waals surface area (Å²) in [7, 11) is 0. The van der Waals surface area contributed by atoms with E-state index in [-0.39, 0.29) is 10.6 Å². The van der Waals surface area contributed by atoms with Crippen molar-refractivity contribution in [1.29, 1.82) is 0 Å². The molecule has 0 radical (unpaired) electrons. The molecule has 0 amide bonds. The van der Waals surface area contributed by atoms with Gasteiger partial charge in [-0.25, -0.2) is 0 Å². The van der Waals surface area contributed by atoms with E-state index in [4.69, 9.17) is 0 Å². The second kappa shape index (κ2) is 6.02. The maximum absolute atomic E-state index is 11.1. The van der Waals surface area contributed by atoms with Crippen LogP contribution in [0.25, 0.3) is 0 Å². The summed E-state index contributed by atoms with van der Waals surface area (Å²) < 4.78 is 0. The molecule has 1 aliphatic heterocycles. The van der Waals surface area contributed by atoms with E-state index in [0.717, 1.165) is 24.2 Å². The second-order valence-corrected chi connectivity index (χ2v) is 6.26. The molecule has 2 N–H and O–H groups in total. The Morgan fingerprint density at radius 3 is 2.86 bits per heavy atom. The fraction of sp³-hybridized carbons (Fsp3) is 0.625. The Morgan fingerprint density at radius 2 is 2.14 bits per heavy atom. The lowest BCUT2D eigenvalue weighted by Crippen LogP contribution is -2.38. The van der Waals surface area contributed by atoms with Gasteiger partial charge in [0.15, 0.2) is 0 Å². The number of nitro benzene ring substituents is 1. The van der Waals surface area contributed by atoms with Crippen molar-refractivity contribution in [2.45, 2.75) is 51.1 Å². The fourth-order valence-corrected chi connectivity index (χ4v) is 3.90. The summed E-state index contributed by atoms with van der Waals surface area (Å²) >= 11 is 0. The van der Waals surface area contributed by atoms with Crippen LogP contribution >= 0.6 is 0 Å². The van der Waals surface area contributed by atoms with Crippen LogP contribution in [0.1, 0.15) is 37.7 Å². The summed E-state index contributed by atoms with van der Waals surface area (Å²) in [6.07, 6.45) is 6.18. The maximum atomic E-state index is 11.1. The van der Waals surface area contributed by atoms with E-state index in [1.807, 2.05) is 13.0 Å². The number of nitrogens with zero attached hydrogens (tertiary/aromatic N) is 1. The van der Waals surface area contributed by atoms with E-state index in [2.05, 4.69) is 10.6 Å². The summed E-state index contributed by atoms with van der Waals surface area (Å²) in [5, 5.41) is 18.2. The molecule has 2 aliphatic rings. The Balaban J connectivity index is 1.76. The molecule has 1 heterocycles. The molecule has 5 heteroatoms. The number of hydrogen-bond donors (Lipinski definition) is 2. The first kappa shape index (κ1) is 14.3. The maximum Gasteiger partial charge on any atom is 0.274 e. The van der Waals surface area contributed by atoms with Gasteiger partial charge in [0.2, 0.25) is 0 Å². The molecule has 0 spiro atoms. The zero-order chi connectivity index (χ0) is 14.8. The number of rotatable bonds is 4. The van der Waals surface area contributed by atoms with Gasteiger partial charge >= 0.3 is 0 Å². The van der Waals surface area contributed by atoms with Crippen LogP contribution in [0.15, 0.2) is 18.2 Å². The average molecular weight is 289 g/mol. The second-order valence-electron chi connectivity index (χ2n) is 6.26. The number of nitro groups is 1. The third kappa shape index (κ3) is 2.88. The van der Waals surface area contributed by atoms with E-state index in [1.54, 1.807) is 12.1 Å². The Kier molecular flexibility index (Phi) is 4.10. The van der Waals surface area contributed by atoms with Gasteiger partial charge in [0.25, 0.3) is 5.69 Å². The first-order valence-corrected chi connectivity index (χ1v) is 7.91. The minimum Gasteiger partial charge on any atom is -0.382 e. The van der Waals surface area contributed by atoms with Crippen molar-refractivity contribution >= 4 is 11.4 Å². The molecule has 21 heavy (non-hydrogen) atoms. The molecular weight excluding hydrogens is 266 g/mol. The average Bonchev–Trinajstić information content (AvgIpc) is 3.11. The first-order valence-electron chi connectivity index (χ1n) is 7.91. The molecular formula is C16H23N3O2. The van der Waals surface area contributed by atoms with E-state index in [9.17, 15) is 10.1 Å². The number of hydrogen-bond acceptors (Lipinski definition) is 4. The number of benzene rings is 1. The Labute approximate surface area is 125 Å². The van der Waals surface area contributed by atoms with Gasteiger partial charge in [0.1, 0.15) is 0 Å². The van der Waals surface area contributed by atoms with Gasteiger partial charge in [0.05, 0.1) is 4.92 Å². The van der Waals surface area contributed by atoms with Crippen molar-refractivity contribution in [3.8, 4) is 0 Å². The third-order valence-electron chi connectivity index (χ3n) is 5.03. The minimum absolute atomic E-state index is 0.202. The normalized spacial score (nSPS) is 28.7. The van der Waals surface area contributed by atoms with Gasteiger partial charge in [-0.05, 0) is 51.1 Å². The summed E-state index contributed by atoms with van der Waals surface area (Å²) in [4.78, 5) is 10.8. The summed E-state index contributed by atoms with van der Waals surface area (Å²) in [6, 6.07) is 6.35. The molecule has 1 aromatic rings. The van der Waals surface area contributed by atoms with E-state index < -0.39 is 0 Å². The van der Waals surface area contributed by atoms with Crippen LogP contribution in [-0.2, 0) is 0 Å². The predicted molar refractivity (Wildman–Crippen MR) is 83.6 cm³/mol. The van der Waals surface area contributed by atoms with Gasteiger partial charge in [-0.2, -0.15) is 0 Å². The van der Waals surface area contributed by atoms with E-state index in [1.165, 1.54) is 25.7 Å². The first-order chi connectivity index (χ1) is 10.2. The van der Waals surface area contributed by atoms with Crippen LogP contribution in [0.2, 0.25) is 0 Å². The highest BCUT2D eigenvalue weighted by Crippen LogP contribution is 2.35. The van der Waals surface area contributed by atoms with Crippen molar-refractivity contribution in [1.82, 2.24) is 5.32 Å². The van der Waals surface area contributed by atoms with E-state index in [0.29, 0.717) is 18.0 Å². The van der Waals surface area contributed by atoms with E-state index >= 15 is 0 Å². The largest absolute Gasteiger partial charge is 0.382 e. The molecule has 3 atom stereocenters. The van der Waals surface area contributed by atoms with Crippen molar-refractivity contribution in [3.05, 3.63) is 33.9 Å². The molecule has 0 bridgehead atoms. The lowest BCUT2D eigenvalue weighted by molar-refractivity contribution is -0.385. The summed E-state index contributed by atoms with van der Waals surface area (Å²) in [5.74, 6) is 0.645. The van der Waals surface area contributed by atoms with Crippen LogP contribution in [0.5, 0.6) is 0 Å². The lowest BCUT2D eigenvalue weighted by Gasteiger charge is -2.27. The smallest absolute Gasteiger partial charge is 0.274 e. The van der Waals surface area contributed by atoms with Crippen LogP contribution in [0.3, 0.4) is 0 Å². The highest BCUT2D eigenvalue weighted by Gasteiger charge is 2.35. The Hall–Kier alpha value is -1.62. The highest BCUT2D eigenvalue weighted by molar-refractivity contribution is 5.60. The quantitative estimate of drug-likeness (QED) is 0.659. The van der Waals surface area contributed by atoms with Gasteiger partial charge in [-0.15, -0.1) is 0 Å². The fourth-order valence-electron chi connectivity index (χ4n) is 3.90. The molecule has 3 unspecified atom stereocenters. The molecule has 2 fully saturated rings. The summed E-state index contributed by atoms with van der Waals surface area (Å²) in [5.41, 5.74) is 1.86. The molecule has 1 saturated carbocycles. The van der Waals surface area contributed by atoms with Crippen molar-refractivity contribution in [3.63, 3.8) is 0 Å². The molecule has 1 aliphatic carbocycles. The van der Waals surface area contributed by atoms with Gasteiger partial charge in [0, 0.05) is 29.4 Å². The monoisotopic (exact) mass is 289 g/mol. The van der Waals surface area contributed by atoms with Crippen LogP contribution in [0.4, 0.5) is 11.4 Å². The van der Waals surface area contributed by atoms with Gasteiger partial charge in [-0.3, -0.25) is 10.1 Å². The minimum atomic E-state index is -0.300. The molecule has 114 valence electrons. The zero-order valence-electron chi connectivity index (χ0n) is 12.5. The van der Waals surface area contributed by atoms with Crippen LogP contribution in [-0.4, -0.2) is 23.6 Å². The van der Waals surface area contributed by atoms with Crippen molar-refractivity contribution in [2.24, 2.45) is 5.92 Å². The topological polar surface area (TPSA) is 67.2 Å².